The molecule has 1 fully saturated rings. The maximum Gasteiger partial charge on any atom is 0.257 e. The minimum absolute atomic E-state index is 0.0380. The third-order valence-electron chi connectivity index (χ3n) is 4.87. The molecule has 6 heteroatoms. The molecule has 0 saturated carbocycles. The lowest BCUT2D eigenvalue weighted by Gasteiger charge is -2.38. The van der Waals surface area contributed by atoms with E-state index in [1.54, 1.807) is 10.9 Å². The van der Waals surface area contributed by atoms with Gasteiger partial charge in [0.15, 0.2) is 0 Å². The van der Waals surface area contributed by atoms with Crippen molar-refractivity contribution in [1.29, 1.82) is 0 Å². The van der Waals surface area contributed by atoms with Crippen LogP contribution in [0, 0.1) is 0 Å². The highest BCUT2D eigenvalue weighted by Gasteiger charge is 2.26. The molecule has 0 aliphatic carbocycles. The van der Waals surface area contributed by atoms with E-state index in [4.69, 9.17) is 0 Å². The second-order valence-corrected chi connectivity index (χ2v) is 6.49. The van der Waals surface area contributed by atoms with E-state index >= 15 is 0 Å². The van der Waals surface area contributed by atoms with Crippen LogP contribution in [0.15, 0.2) is 42.7 Å². The summed E-state index contributed by atoms with van der Waals surface area (Å²) < 4.78 is 1.80. The average molecular weight is 342 g/mol. The monoisotopic (exact) mass is 342 g/mol. The number of hydrogen-bond acceptors (Lipinski definition) is 4. The number of amides is 1. The molecule has 1 N–H and O–H groups in total. The van der Waals surface area contributed by atoms with Crippen molar-refractivity contribution in [3.63, 3.8) is 0 Å². The van der Waals surface area contributed by atoms with Crippen LogP contribution in [-0.2, 0) is 6.54 Å². The van der Waals surface area contributed by atoms with Gasteiger partial charge in [-0.2, -0.15) is 5.10 Å². The number of aliphatic hydroxyl groups is 1. The molecule has 3 rings (SSSR count). The summed E-state index contributed by atoms with van der Waals surface area (Å²) >= 11 is 0. The molecule has 0 bridgehead atoms. The second kappa shape index (κ2) is 8.27. The lowest BCUT2D eigenvalue weighted by Crippen LogP contribution is -2.52. The van der Waals surface area contributed by atoms with E-state index in [0.717, 1.165) is 25.1 Å². The van der Waals surface area contributed by atoms with Gasteiger partial charge in [0.2, 0.25) is 0 Å². The summed E-state index contributed by atoms with van der Waals surface area (Å²) in [4.78, 5) is 16.8. The first-order chi connectivity index (χ1) is 12.2. The van der Waals surface area contributed by atoms with Crippen molar-refractivity contribution in [2.24, 2.45) is 0 Å². The first-order valence-electron chi connectivity index (χ1n) is 8.91. The van der Waals surface area contributed by atoms with Gasteiger partial charge in [-0.25, -0.2) is 0 Å². The zero-order chi connectivity index (χ0) is 17.6. The molecule has 1 saturated heterocycles. The van der Waals surface area contributed by atoms with E-state index in [0.29, 0.717) is 25.2 Å². The third-order valence-corrected chi connectivity index (χ3v) is 4.87. The molecule has 1 aliphatic rings. The van der Waals surface area contributed by atoms with Crippen LogP contribution in [0.4, 0.5) is 0 Å². The molecular weight excluding hydrogens is 316 g/mol. The molecule has 1 aliphatic heterocycles. The van der Waals surface area contributed by atoms with Crippen molar-refractivity contribution in [3.05, 3.63) is 53.9 Å². The molecule has 134 valence electrons. The van der Waals surface area contributed by atoms with Gasteiger partial charge >= 0.3 is 0 Å². The quantitative estimate of drug-likeness (QED) is 0.863. The van der Waals surface area contributed by atoms with Crippen molar-refractivity contribution >= 4 is 5.91 Å². The molecule has 1 aromatic carbocycles. The van der Waals surface area contributed by atoms with Crippen molar-refractivity contribution in [2.45, 2.75) is 25.9 Å². The Bertz CT molecular complexity index is 674. The van der Waals surface area contributed by atoms with Gasteiger partial charge in [-0.3, -0.25) is 14.4 Å². The van der Waals surface area contributed by atoms with Crippen LogP contribution in [0.1, 0.15) is 29.3 Å². The Kier molecular flexibility index (Phi) is 5.83. The summed E-state index contributed by atoms with van der Waals surface area (Å²) in [7, 11) is 0. The number of carbonyl (C=O) groups is 1. The van der Waals surface area contributed by atoms with Crippen LogP contribution in [0.3, 0.4) is 0 Å². The van der Waals surface area contributed by atoms with Crippen LogP contribution < -0.4 is 0 Å². The van der Waals surface area contributed by atoms with Gasteiger partial charge in [0.05, 0.1) is 24.9 Å². The lowest BCUT2D eigenvalue weighted by atomic mass is 10.1. The highest BCUT2D eigenvalue weighted by atomic mass is 16.3. The van der Waals surface area contributed by atoms with Crippen molar-refractivity contribution < 1.29 is 9.90 Å². The molecule has 2 heterocycles. The van der Waals surface area contributed by atoms with Gasteiger partial charge in [0.1, 0.15) is 0 Å². The van der Waals surface area contributed by atoms with E-state index in [1.807, 2.05) is 41.4 Å². The maximum absolute atomic E-state index is 12.7. The van der Waals surface area contributed by atoms with E-state index in [-0.39, 0.29) is 18.6 Å². The van der Waals surface area contributed by atoms with Crippen LogP contribution in [0.25, 0.3) is 0 Å². The van der Waals surface area contributed by atoms with Crippen LogP contribution >= 0.6 is 0 Å². The topological polar surface area (TPSA) is 61.6 Å². The first-order valence-corrected chi connectivity index (χ1v) is 8.91. The fourth-order valence-electron chi connectivity index (χ4n) is 3.31. The van der Waals surface area contributed by atoms with Crippen molar-refractivity contribution in [3.8, 4) is 0 Å². The number of aromatic nitrogens is 2. The Labute approximate surface area is 148 Å². The van der Waals surface area contributed by atoms with Gasteiger partial charge in [0.25, 0.3) is 5.91 Å². The Hall–Kier alpha value is -2.18. The number of carbonyl (C=O) groups excluding carboxylic acids is 1. The van der Waals surface area contributed by atoms with Crippen LogP contribution in [0.2, 0.25) is 0 Å². The van der Waals surface area contributed by atoms with E-state index < -0.39 is 0 Å². The SMILES string of the molecule is CCC(CO)N1CCN(C(=O)c2cnn(Cc3ccccc3)c2)CC1. The standard InChI is InChI=1S/C19H26N4O2/c1-2-18(15-24)21-8-10-22(11-9-21)19(25)17-12-20-23(14-17)13-16-6-4-3-5-7-16/h3-7,12,14,18,24H,2,8-11,13,15H2,1H3. The molecule has 1 atom stereocenters. The highest BCUT2D eigenvalue weighted by Crippen LogP contribution is 2.12. The van der Waals surface area contributed by atoms with E-state index in [9.17, 15) is 9.90 Å². The van der Waals surface area contributed by atoms with Crippen LogP contribution in [0.5, 0.6) is 0 Å². The second-order valence-electron chi connectivity index (χ2n) is 6.49. The van der Waals surface area contributed by atoms with Gasteiger partial charge in [-0.1, -0.05) is 37.3 Å². The first kappa shape index (κ1) is 17.6. The van der Waals surface area contributed by atoms with Gasteiger partial charge in [0, 0.05) is 38.4 Å². The highest BCUT2D eigenvalue weighted by molar-refractivity contribution is 5.93. The fraction of sp³-hybridized carbons (Fsp3) is 0.474. The predicted octanol–water partition coefficient (Wildman–Crippen LogP) is 1.46. The molecule has 2 aromatic rings. The largest absolute Gasteiger partial charge is 0.395 e. The zero-order valence-electron chi connectivity index (χ0n) is 14.7. The molecule has 25 heavy (non-hydrogen) atoms. The lowest BCUT2D eigenvalue weighted by molar-refractivity contribution is 0.0472. The summed E-state index contributed by atoms with van der Waals surface area (Å²) in [5, 5.41) is 13.7. The molecule has 0 radical (unpaired) electrons. The zero-order valence-corrected chi connectivity index (χ0v) is 14.7. The van der Waals surface area contributed by atoms with E-state index in [2.05, 4.69) is 16.9 Å². The third kappa shape index (κ3) is 4.27. The molecule has 1 unspecified atom stereocenters. The molecule has 6 nitrogen and oxygen atoms in total. The summed E-state index contributed by atoms with van der Waals surface area (Å²) in [6.07, 6.45) is 4.40. The van der Waals surface area contributed by atoms with Gasteiger partial charge in [-0.15, -0.1) is 0 Å². The Morgan fingerprint density at radius 2 is 1.92 bits per heavy atom. The Balaban J connectivity index is 1.57. The average Bonchev–Trinajstić information content (AvgIpc) is 3.12. The smallest absolute Gasteiger partial charge is 0.257 e. The molecular formula is C19H26N4O2. The fourth-order valence-corrected chi connectivity index (χ4v) is 3.31. The minimum atomic E-state index is 0.0380. The summed E-state index contributed by atoms with van der Waals surface area (Å²) in [5.74, 6) is 0.0380. The maximum atomic E-state index is 12.7. The number of hydrogen-bond donors (Lipinski definition) is 1. The van der Waals surface area contributed by atoms with Crippen molar-refractivity contribution in [2.75, 3.05) is 32.8 Å². The predicted molar refractivity (Wildman–Crippen MR) is 96.4 cm³/mol. The number of piperazine rings is 1. The summed E-state index contributed by atoms with van der Waals surface area (Å²) in [6.45, 7) is 5.93. The van der Waals surface area contributed by atoms with Crippen molar-refractivity contribution in [1.82, 2.24) is 19.6 Å². The van der Waals surface area contributed by atoms with Crippen LogP contribution in [-0.4, -0.2) is 69.4 Å². The molecule has 1 aromatic heterocycles. The Morgan fingerprint density at radius 1 is 1.20 bits per heavy atom. The molecule has 0 spiro atoms. The van der Waals surface area contributed by atoms with E-state index in [1.165, 1.54) is 0 Å². The molecule has 1 amide bonds. The normalized spacial score (nSPS) is 16.8. The number of aliphatic hydroxyl groups excluding tert-OH is 1. The minimum Gasteiger partial charge on any atom is -0.395 e. The summed E-state index contributed by atoms with van der Waals surface area (Å²) in [6, 6.07) is 10.3. The van der Waals surface area contributed by atoms with Gasteiger partial charge < -0.3 is 10.0 Å². The summed E-state index contributed by atoms with van der Waals surface area (Å²) in [5.41, 5.74) is 1.80. The number of nitrogens with zero attached hydrogens (tertiary/aromatic N) is 4. The number of rotatable bonds is 6. The number of benzene rings is 1. The Morgan fingerprint density at radius 3 is 2.56 bits per heavy atom. The van der Waals surface area contributed by atoms with Gasteiger partial charge in [-0.05, 0) is 12.0 Å².